The molecule has 0 bridgehead atoms. The summed E-state index contributed by atoms with van der Waals surface area (Å²) in [5.41, 5.74) is 0.637. The van der Waals surface area contributed by atoms with E-state index in [-0.39, 0.29) is 24.9 Å². The Kier molecular flexibility index (Phi) is 5.75. The molecule has 128 valence electrons. The zero-order valence-corrected chi connectivity index (χ0v) is 13.8. The standard InChI is InChI=1S/C16H17FN2O4S/c1-24(21,22)19-14-4-2-3-12(11-14)16(20)18-9-10-23-15-7-5-13(17)6-8-15/h2-8,11,19H,9-10H2,1H3,(H,18,20). The van der Waals surface area contributed by atoms with Crippen LogP contribution >= 0.6 is 0 Å². The molecule has 8 heteroatoms. The summed E-state index contributed by atoms with van der Waals surface area (Å²) in [4.78, 5) is 12.0. The summed E-state index contributed by atoms with van der Waals surface area (Å²) < 4.78 is 42.8. The van der Waals surface area contributed by atoms with Gasteiger partial charge in [0.2, 0.25) is 10.0 Å². The molecule has 0 aliphatic carbocycles. The monoisotopic (exact) mass is 352 g/mol. The Morgan fingerprint density at radius 2 is 1.88 bits per heavy atom. The van der Waals surface area contributed by atoms with Crippen LogP contribution in [-0.2, 0) is 10.0 Å². The largest absolute Gasteiger partial charge is 0.492 e. The second kappa shape index (κ2) is 7.78. The molecule has 0 spiro atoms. The Morgan fingerprint density at radius 3 is 2.54 bits per heavy atom. The first-order valence-electron chi connectivity index (χ1n) is 7.08. The second-order valence-corrected chi connectivity index (χ2v) is 6.76. The Balaban J connectivity index is 1.84. The van der Waals surface area contributed by atoms with Gasteiger partial charge in [-0.05, 0) is 42.5 Å². The molecule has 2 rings (SSSR count). The van der Waals surface area contributed by atoms with Crippen LogP contribution in [0.2, 0.25) is 0 Å². The van der Waals surface area contributed by atoms with Crippen molar-refractivity contribution in [2.75, 3.05) is 24.1 Å². The van der Waals surface area contributed by atoms with E-state index in [1.807, 2.05) is 0 Å². The predicted octanol–water partition coefficient (Wildman–Crippen LogP) is 2.01. The number of nitrogens with one attached hydrogen (secondary N) is 2. The van der Waals surface area contributed by atoms with Gasteiger partial charge in [0.15, 0.2) is 0 Å². The molecule has 0 unspecified atom stereocenters. The van der Waals surface area contributed by atoms with Gasteiger partial charge in [-0.25, -0.2) is 12.8 Å². The van der Waals surface area contributed by atoms with Gasteiger partial charge in [-0.15, -0.1) is 0 Å². The Bertz CT molecular complexity index is 807. The minimum absolute atomic E-state index is 0.221. The van der Waals surface area contributed by atoms with Crippen LogP contribution in [0.3, 0.4) is 0 Å². The fourth-order valence-corrected chi connectivity index (χ4v) is 2.46. The van der Waals surface area contributed by atoms with E-state index in [9.17, 15) is 17.6 Å². The van der Waals surface area contributed by atoms with Gasteiger partial charge in [0, 0.05) is 11.3 Å². The number of anilines is 1. The number of amides is 1. The van der Waals surface area contributed by atoms with Crippen molar-refractivity contribution in [2.45, 2.75) is 0 Å². The normalized spacial score (nSPS) is 10.9. The smallest absolute Gasteiger partial charge is 0.251 e. The highest BCUT2D eigenvalue weighted by atomic mass is 32.2. The average molecular weight is 352 g/mol. The van der Waals surface area contributed by atoms with Crippen molar-refractivity contribution in [3.05, 3.63) is 59.9 Å². The van der Waals surface area contributed by atoms with E-state index >= 15 is 0 Å². The van der Waals surface area contributed by atoms with Crippen molar-refractivity contribution in [1.82, 2.24) is 5.32 Å². The highest BCUT2D eigenvalue weighted by molar-refractivity contribution is 7.92. The van der Waals surface area contributed by atoms with Gasteiger partial charge < -0.3 is 10.1 Å². The molecule has 2 N–H and O–H groups in total. The lowest BCUT2D eigenvalue weighted by Crippen LogP contribution is -2.28. The molecule has 0 saturated carbocycles. The molecule has 0 heterocycles. The summed E-state index contributed by atoms with van der Waals surface area (Å²) in [7, 11) is -3.40. The zero-order valence-electron chi connectivity index (χ0n) is 13.0. The maximum Gasteiger partial charge on any atom is 0.251 e. The summed E-state index contributed by atoms with van der Waals surface area (Å²) in [6, 6.07) is 11.7. The molecular weight excluding hydrogens is 335 g/mol. The van der Waals surface area contributed by atoms with Crippen molar-refractivity contribution in [3.63, 3.8) is 0 Å². The number of sulfonamides is 1. The van der Waals surface area contributed by atoms with Gasteiger partial charge in [-0.3, -0.25) is 9.52 Å². The molecule has 1 amide bonds. The van der Waals surface area contributed by atoms with Crippen molar-refractivity contribution in [2.24, 2.45) is 0 Å². The summed E-state index contributed by atoms with van der Waals surface area (Å²) in [6.45, 7) is 0.471. The number of carbonyl (C=O) groups is 1. The second-order valence-electron chi connectivity index (χ2n) is 5.01. The molecule has 0 radical (unpaired) electrons. The third kappa shape index (κ3) is 5.88. The van der Waals surface area contributed by atoms with Gasteiger partial charge in [-0.1, -0.05) is 6.07 Å². The number of halogens is 1. The molecule has 0 aromatic heterocycles. The van der Waals surface area contributed by atoms with Crippen LogP contribution in [-0.4, -0.2) is 33.7 Å². The summed E-state index contributed by atoms with van der Waals surface area (Å²) in [5, 5.41) is 2.66. The molecular formula is C16H17FN2O4S. The average Bonchev–Trinajstić information content (AvgIpc) is 2.51. The summed E-state index contributed by atoms with van der Waals surface area (Å²) >= 11 is 0. The number of carbonyl (C=O) groups excluding carboxylic acids is 1. The van der Waals surface area contributed by atoms with Crippen molar-refractivity contribution < 1.29 is 22.3 Å². The molecule has 6 nitrogen and oxygen atoms in total. The van der Waals surface area contributed by atoms with Crippen molar-refractivity contribution >= 4 is 21.6 Å². The molecule has 0 aliphatic heterocycles. The van der Waals surface area contributed by atoms with Crippen LogP contribution in [0.4, 0.5) is 10.1 Å². The van der Waals surface area contributed by atoms with Crippen LogP contribution in [0.1, 0.15) is 10.4 Å². The van der Waals surface area contributed by atoms with E-state index in [1.54, 1.807) is 18.2 Å². The topological polar surface area (TPSA) is 84.5 Å². The first kappa shape index (κ1) is 17.7. The molecule has 2 aromatic carbocycles. The van der Waals surface area contributed by atoms with Crippen LogP contribution < -0.4 is 14.8 Å². The van der Waals surface area contributed by atoms with Gasteiger partial charge in [0.25, 0.3) is 5.91 Å². The van der Waals surface area contributed by atoms with Crippen molar-refractivity contribution in [1.29, 1.82) is 0 Å². The number of benzene rings is 2. The van der Waals surface area contributed by atoms with Crippen molar-refractivity contribution in [3.8, 4) is 5.75 Å². The van der Waals surface area contributed by atoms with Crippen LogP contribution in [0.15, 0.2) is 48.5 Å². The van der Waals surface area contributed by atoms with Gasteiger partial charge in [0.05, 0.1) is 12.8 Å². The number of hydrogen-bond donors (Lipinski definition) is 2. The lowest BCUT2D eigenvalue weighted by Gasteiger charge is -2.09. The molecule has 2 aromatic rings. The summed E-state index contributed by atoms with van der Waals surface area (Å²) in [5.74, 6) is -0.196. The van der Waals surface area contributed by atoms with Gasteiger partial charge in [-0.2, -0.15) is 0 Å². The number of ether oxygens (including phenoxy) is 1. The highest BCUT2D eigenvalue weighted by Crippen LogP contribution is 2.12. The van der Waals surface area contributed by atoms with Crippen LogP contribution in [0.5, 0.6) is 5.75 Å². The van der Waals surface area contributed by atoms with E-state index in [1.165, 1.54) is 30.3 Å². The van der Waals surface area contributed by atoms with Crippen LogP contribution in [0, 0.1) is 5.82 Å². The molecule has 0 aliphatic rings. The number of hydrogen-bond acceptors (Lipinski definition) is 4. The molecule has 0 atom stereocenters. The lowest BCUT2D eigenvalue weighted by molar-refractivity contribution is 0.0947. The number of rotatable bonds is 7. The Hall–Kier alpha value is -2.61. The first-order valence-corrected chi connectivity index (χ1v) is 8.97. The third-order valence-corrected chi connectivity index (χ3v) is 3.50. The SMILES string of the molecule is CS(=O)(=O)Nc1cccc(C(=O)NCCOc2ccc(F)cc2)c1. The first-order chi connectivity index (χ1) is 11.3. The van der Waals surface area contributed by atoms with Gasteiger partial charge in [0.1, 0.15) is 18.2 Å². The summed E-state index contributed by atoms with van der Waals surface area (Å²) in [6.07, 6.45) is 1.03. The Labute approximate surface area is 139 Å². The lowest BCUT2D eigenvalue weighted by atomic mass is 10.2. The molecule has 0 fully saturated rings. The quantitative estimate of drug-likeness (QED) is 0.747. The van der Waals surface area contributed by atoms with Crippen LogP contribution in [0.25, 0.3) is 0 Å². The van der Waals surface area contributed by atoms with E-state index in [4.69, 9.17) is 4.74 Å². The van der Waals surface area contributed by atoms with E-state index in [2.05, 4.69) is 10.0 Å². The van der Waals surface area contributed by atoms with E-state index in [0.717, 1.165) is 6.26 Å². The van der Waals surface area contributed by atoms with E-state index in [0.29, 0.717) is 17.0 Å². The maximum absolute atomic E-state index is 12.7. The maximum atomic E-state index is 12.7. The highest BCUT2D eigenvalue weighted by Gasteiger charge is 2.08. The minimum atomic E-state index is -3.40. The third-order valence-electron chi connectivity index (χ3n) is 2.90. The zero-order chi connectivity index (χ0) is 17.6. The molecule has 0 saturated heterocycles. The predicted molar refractivity (Wildman–Crippen MR) is 89.1 cm³/mol. The van der Waals surface area contributed by atoms with E-state index < -0.39 is 10.0 Å². The molecule has 24 heavy (non-hydrogen) atoms. The minimum Gasteiger partial charge on any atom is -0.492 e. The fourth-order valence-electron chi connectivity index (χ4n) is 1.90. The Morgan fingerprint density at radius 1 is 1.17 bits per heavy atom. The fraction of sp³-hybridized carbons (Fsp3) is 0.188. The van der Waals surface area contributed by atoms with Gasteiger partial charge >= 0.3 is 0 Å².